The molecular formula is C28H28O8. The molecule has 0 bridgehead atoms. The van der Waals surface area contributed by atoms with Crippen molar-refractivity contribution in [3.8, 4) is 11.5 Å². The van der Waals surface area contributed by atoms with Crippen molar-refractivity contribution in [2.24, 2.45) is 11.8 Å². The molecule has 0 spiro atoms. The maximum Gasteiger partial charge on any atom is 0.344 e. The molecule has 188 valence electrons. The minimum atomic E-state index is -0.688. The third-order valence-corrected chi connectivity index (χ3v) is 6.81. The van der Waals surface area contributed by atoms with Gasteiger partial charge in [0.25, 0.3) is 0 Å². The van der Waals surface area contributed by atoms with Gasteiger partial charge in [-0.15, -0.1) is 0 Å². The van der Waals surface area contributed by atoms with Crippen LogP contribution < -0.4 is 9.47 Å². The first-order valence-corrected chi connectivity index (χ1v) is 12.3. The Kier molecular flexibility index (Phi) is 8.48. The summed E-state index contributed by atoms with van der Waals surface area (Å²) in [7, 11) is 0. The highest BCUT2D eigenvalue weighted by molar-refractivity contribution is 5.99. The minimum absolute atomic E-state index is 0.109. The van der Waals surface area contributed by atoms with Gasteiger partial charge in [-0.05, 0) is 81.7 Å². The van der Waals surface area contributed by atoms with Crippen LogP contribution in [0.1, 0.15) is 67.3 Å². The molecule has 2 saturated carbocycles. The molecule has 2 aliphatic carbocycles. The minimum Gasteiger partial charge on any atom is -0.462 e. The summed E-state index contributed by atoms with van der Waals surface area (Å²) in [5.74, 6) is -1.26. The first kappa shape index (κ1) is 25.6. The fraction of sp³-hybridized carbons (Fsp3) is 0.429. The van der Waals surface area contributed by atoms with E-state index in [-0.39, 0.29) is 46.8 Å². The molecule has 0 unspecified atom stereocenters. The Morgan fingerprint density at radius 2 is 1.25 bits per heavy atom. The van der Waals surface area contributed by atoms with Gasteiger partial charge < -0.3 is 14.2 Å². The van der Waals surface area contributed by atoms with Crippen LogP contribution in [0.25, 0.3) is 0 Å². The SMILES string of the molecule is O=[C]c1ccccc1C(=O)Oc1ccc(OC(=O)[C@H]2CC[C@H](C(=O)O[C@H]3CC[C@H]([O])CC3)CC2)cc1. The Balaban J connectivity index is 1.23. The van der Waals surface area contributed by atoms with Crippen molar-refractivity contribution in [3.05, 3.63) is 59.7 Å². The summed E-state index contributed by atoms with van der Waals surface area (Å²) >= 11 is 0. The number of ether oxygens (including phenoxy) is 3. The van der Waals surface area contributed by atoms with Crippen LogP contribution in [-0.4, -0.2) is 36.4 Å². The van der Waals surface area contributed by atoms with Gasteiger partial charge in [-0.1, -0.05) is 18.2 Å². The Morgan fingerprint density at radius 3 is 1.86 bits per heavy atom. The average molecular weight is 493 g/mol. The van der Waals surface area contributed by atoms with Crippen molar-refractivity contribution in [2.75, 3.05) is 0 Å². The fourth-order valence-corrected chi connectivity index (χ4v) is 4.66. The summed E-state index contributed by atoms with van der Waals surface area (Å²) in [6.07, 6.45) is 5.55. The molecule has 8 nitrogen and oxygen atoms in total. The molecule has 0 heterocycles. The van der Waals surface area contributed by atoms with E-state index in [0.29, 0.717) is 57.1 Å². The zero-order valence-corrected chi connectivity index (χ0v) is 19.9. The predicted molar refractivity (Wildman–Crippen MR) is 127 cm³/mol. The van der Waals surface area contributed by atoms with Crippen LogP contribution in [0, 0.1) is 11.8 Å². The molecule has 0 atom stereocenters. The highest BCUT2D eigenvalue weighted by atomic mass is 16.5. The van der Waals surface area contributed by atoms with Crippen LogP contribution in [0.3, 0.4) is 0 Å². The lowest BCUT2D eigenvalue weighted by atomic mass is 9.82. The largest absolute Gasteiger partial charge is 0.462 e. The second kappa shape index (κ2) is 11.9. The van der Waals surface area contributed by atoms with Gasteiger partial charge in [0, 0.05) is 5.56 Å². The molecular weight excluding hydrogens is 464 g/mol. The molecule has 36 heavy (non-hydrogen) atoms. The second-order valence-electron chi connectivity index (χ2n) is 9.31. The van der Waals surface area contributed by atoms with Crippen LogP contribution >= 0.6 is 0 Å². The van der Waals surface area contributed by atoms with Gasteiger partial charge in [-0.2, -0.15) is 0 Å². The lowest BCUT2D eigenvalue weighted by Gasteiger charge is -2.29. The van der Waals surface area contributed by atoms with Crippen molar-refractivity contribution in [1.29, 1.82) is 0 Å². The highest BCUT2D eigenvalue weighted by Crippen LogP contribution is 2.32. The first-order valence-electron chi connectivity index (χ1n) is 12.3. The van der Waals surface area contributed by atoms with Crippen molar-refractivity contribution in [2.45, 2.75) is 63.6 Å². The van der Waals surface area contributed by atoms with Gasteiger partial charge in [-0.3, -0.25) is 14.4 Å². The number of carbonyl (C=O) groups is 3. The molecule has 2 fully saturated rings. The number of hydrogen-bond acceptors (Lipinski definition) is 7. The van der Waals surface area contributed by atoms with E-state index in [1.165, 1.54) is 36.4 Å². The molecule has 4 rings (SSSR count). The molecule has 2 aromatic rings. The third-order valence-electron chi connectivity index (χ3n) is 6.81. The first-order chi connectivity index (χ1) is 17.4. The molecule has 0 saturated heterocycles. The van der Waals surface area contributed by atoms with Gasteiger partial charge >= 0.3 is 17.9 Å². The van der Waals surface area contributed by atoms with Crippen LogP contribution in [0.5, 0.6) is 11.5 Å². The summed E-state index contributed by atoms with van der Waals surface area (Å²) < 4.78 is 16.4. The number of hydrogen-bond donors (Lipinski definition) is 0. The monoisotopic (exact) mass is 492 g/mol. The van der Waals surface area contributed by atoms with Gasteiger partial charge in [0.1, 0.15) is 17.6 Å². The zero-order chi connectivity index (χ0) is 25.5. The summed E-state index contributed by atoms with van der Waals surface area (Å²) in [4.78, 5) is 48.4. The standard InChI is InChI=1S/C28H28O8/c29-17-20-3-1-2-4-25(20)28(33)36-24-15-13-23(14-16-24)35-27(32)19-7-5-18(6-8-19)26(31)34-22-11-9-21(30)10-12-22/h1-4,13-16,18-19,21-22H,5-12H2/t18-,19-,21-,22-. The molecule has 2 aliphatic rings. The average Bonchev–Trinajstić information content (AvgIpc) is 2.91. The Labute approximate surface area is 209 Å². The Hall–Kier alpha value is -3.52. The van der Waals surface area contributed by atoms with Gasteiger partial charge in [0.05, 0.1) is 23.5 Å². The predicted octanol–water partition coefficient (Wildman–Crippen LogP) is 4.36. The van der Waals surface area contributed by atoms with Crippen molar-refractivity contribution < 1.29 is 38.5 Å². The molecule has 0 N–H and O–H groups in total. The fourth-order valence-electron chi connectivity index (χ4n) is 4.66. The van der Waals surface area contributed by atoms with E-state index in [0.717, 1.165) is 0 Å². The topological polar surface area (TPSA) is 116 Å². The lowest BCUT2D eigenvalue weighted by Crippen LogP contribution is -2.32. The van der Waals surface area contributed by atoms with E-state index in [1.54, 1.807) is 18.4 Å². The van der Waals surface area contributed by atoms with Crippen molar-refractivity contribution >= 4 is 24.2 Å². The Morgan fingerprint density at radius 1 is 0.694 bits per heavy atom. The summed E-state index contributed by atoms with van der Waals surface area (Å²) in [5, 5.41) is 11.4. The number of rotatable bonds is 7. The van der Waals surface area contributed by atoms with E-state index in [1.807, 2.05) is 0 Å². The van der Waals surface area contributed by atoms with E-state index in [9.17, 15) is 24.3 Å². The maximum absolute atomic E-state index is 12.6. The summed E-state index contributed by atoms with van der Waals surface area (Å²) in [6, 6.07) is 12.3. The van der Waals surface area contributed by atoms with Gasteiger partial charge in [-0.25, -0.2) is 9.90 Å². The zero-order valence-electron chi connectivity index (χ0n) is 19.9. The summed E-state index contributed by atoms with van der Waals surface area (Å²) in [5.41, 5.74) is 0.222. The van der Waals surface area contributed by atoms with Crippen molar-refractivity contribution in [1.82, 2.24) is 0 Å². The van der Waals surface area contributed by atoms with Crippen LogP contribution in [-0.2, 0) is 24.2 Å². The third kappa shape index (κ3) is 6.57. The maximum atomic E-state index is 12.6. The number of esters is 3. The van der Waals surface area contributed by atoms with Crippen LogP contribution in [0.4, 0.5) is 0 Å². The molecule has 2 aromatic carbocycles. The molecule has 0 amide bonds. The quantitative estimate of drug-likeness (QED) is 0.416. The smallest absolute Gasteiger partial charge is 0.344 e. The van der Waals surface area contributed by atoms with Crippen molar-refractivity contribution in [3.63, 3.8) is 0 Å². The van der Waals surface area contributed by atoms with Crippen LogP contribution in [0.15, 0.2) is 48.5 Å². The van der Waals surface area contributed by atoms with Gasteiger partial charge in [0.2, 0.25) is 6.29 Å². The highest BCUT2D eigenvalue weighted by Gasteiger charge is 2.33. The second-order valence-corrected chi connectivity index (χ2v) is 9.31. The molecule has 0 aromatic heterocycles. The number of benzene rings is 2. The molecule has 0 aliphatic heterocycles. The normalized spacial score (nSPS) is 23.8. The molecule has 8 heteroatoms. The molecule has 2 radical (unpaired) electrons. The van der Waals surface area contributed by atoms with E-state index < -0.39 is 12.1 Å². The van der Waals surface area contributed by atoms with Crippen LogP contribution in [0.2, 0.25) is 0 Å². The van der Waals surface area contributed by atoms with E-state index in [4.69, 9.17) is 14.2 Å². The number of carbonyl (C=O) groups excluding carboxylic acids is 4. The van der Waals surface area contributed by atoms with Gasteiger partial charge in [0.15, 0.2) is 0 Å². The van der Waals surface area contributed by atoms with E-state index >= 15 is 0 Å². The summed E-state index contributed by atoms with van der Waals surface area (Å²) in [6.45, 7) is 0. The van der Waals surface area contributed by atoms with E-state index in [2.05, 4.69) is 0 Å². The Bertz CT molecular complexity index is 1080. The lowest BCUT2D eigenvalue weighted by molar-refractivity contribution is -0.159.